The van der Waals surface area contributed by atoms with Crippen molar-refractivity contribution in [1.82, 2.24) is 10.2 Å². The fraction of sp³-hybridized carbons (Fsp3) is 0.423. The Hall–Kier alpha value is -2.89. The largest absolute Gasteiger partial charge is 0.370 e. The minimum absolute atomic E-state index is 0.0140. The third-order valence-electron chi connectivity index (χ3n) is 6.41. The van der Waals surface area contributed by atoms with Gasteiger partial charge >= 0.3 is 6.03 Å². The van der Waals surface area contributed by atoms with Gasteiger partial charge < -0.3 is 16.0 Å². The normalized spacial score (nSPS) is 21.8. The molecule has 3 amide bonds. The lowest BCUT2D eigenvalue weighted by Gasteiger charge is -2.38. The average molecular weight is 537 g/mol. The van der Waals surface area contributed by atoms with Gasteiger partial charge in [0, 0.05) is 41.6 Å². The van der Waals surface area contributed by atoms with Gasteiger partial charge in [0.25, 0.3) is 0 Å². The van der Waals surface area contributed by atoms with E-state index in [9.17, 15) is 14.9 Å². The van der Waals surface area contributed by atoms with E-state index in [2.05, 4.69) is 11.4 Å². The van der Waals surface area contributed by atoms with Crippen molar-refractivity contribution in [2.75, 3.05) is 13.1 Å². The van der Waals surface area contributed by atoms with Crippen LogP contribution in [0.4, 0.5) is 13.6 Å². The van der Waals surface area contributed by atoms with Crippen molar-refractivity contribution < 1.29 is 18.4 Å². The fourth-order valence-corrected chi connectivity index (χ4v) is 5.41. The summed E-state index contributed by atoms with van der Waals surface area (Å²) in [6, 6.07) is 8.73. The second-order valence-corrected chi connectivity index (χ2v) is 11.1. The van der Waals surface area contributed by atoms with E-state index in [-0.39, 0.29) is 46.1 Å². The summed E-state index contributed by atoms with van der Waals surface area (Å²) in [5, 5.41) is 13.3. The zero-order valence-corrected chi connectivity index (χ0v) is 21.8. The average Bonchev–Trinajstić information content (AvgIpc) is 3.08. The van der Waals surface area contributed by atoms with Gasteiger partial charge in [-0.05, 0) is 30.0 Å². The van der Waals surface area contributed by atoms with Crippen molar-refractivity contribution in [3.8, 4) is 6.07 Å². The van der Waals surface area contributed by atoms with Crippen LogP contribution in [0.1, 0.15) is 50.8 Å². The first kappa shape index (κ1) is 27.7. The molecule has 3 rings (SSSR count). The molecular formula is C26H28Cl2F2N4O2. The quantitative estimate of drug-likeness (QED) is 0.493. The van der Waals surface area contributed by atoms with Crippen molar-refractivity contribution in [3.63, 3.8) is 0 Å². The summed E-state index contributed by atoms with van der Waals surface area (Å²) in [5.41, 5.74) is 3.20. The monoisotopic (exact) mass is 536 g/mol. The van der Waals surface area contributed by atoms with Gasteiger partial charge in [0.05, 0.1) is 17.1 Å². The Bertz CT molecular complexity index is 1210. The number of nitrogens with zero attached hydrogens (tertiary/aromatic N) is 2. The third kappa shape index (κ3) is 5.42. The molecule has 0 spiro atoms. The van der Waals surface area contributed by atoms with E-state index in [0.717, 1.165) is 6.07 Å². The molecule has 3 unspecified atom stereocenters. The second-order valence-electron chi connectivity index (χ2n) is 10.2. The second kappa shape index (κ2) is 10.6. The van der Waals surface area contributed by atoms with Crippen molar-refractivity contribution in [1.29, 1.82) is 5.26 Å². The number of nitrogens with one attached hydrogen (secondary N) is 1. The molecule has 0 aliphatic carbocycles. The van der Waals surface area contributed by atoms with Gasteiger partial charge in [0.2, 0.25) is 5.91 Å². The molecule has 0 saturated carbocycles. The van der Waals surface area contributed by atoms with Crippen LogP contribution in [0, 0.1) is 34.3 Å². The van der Waals surface area contributed by atoms with Crippen molar-refractivity contribution >= 4 is 35.1 Å². The summed E-state index contributed by atoms with van der Waals surface area (Å²) in [7, 11) is 0. The SMILES string of the molecule is CC(C)(C)CC1CN(C(=O)NCCC(N)=O)C(c2cccc(Cl)c2F)C1(C#N)c1ccc(Cl)cc1F. The van der Waals surface area contributed by atoms with Crippen LogP contribution in [-0.4, -0.2) is 29.9 Å². The third-order valence-corrected chi connectivity index (χ3v) is 6.94. The number of hydrogen-bond donors (Lipinski definition) is 2. The van der Waals surface area contributed by atoms with Gasteiger partial charge in [-0.3, -0.25) is 4.79 Å². The summed E-state index contributed by atoms with van der Waals surface area (Å²) in [4.78, 5) is 25.9. The highest BCUT2D eigenvalue weighted by atomic mass is 35.5. The molecular weight excluding hydrogens is 509 g/mol. The highest BCUT2D eigenvalue weighted by Gasteiger charge is 2.60. The number of nitriles is 1. The number of carbonyl (C=O) groups is 2. The van der Waals surface area contributed by atoms with E-state index in [1.165, 1.54) is 35.2 Å². The number of halogens is 4. The van der Waals surface area contributed by atoms with Gasteiger partial charge in [-0.15, -0.1) is 0 Å². The number of nitrogens with two attached hydrogens (primary N) is 1. The van der Waals surface area contributed by atoms with E-state index >= 15 is 8.78 Å². The molecule has 1 aliphatic rings. The van der Waals surface area contributed by atoms with Crippen LogP contribution >= 0.6 is 23.2 Å². The van der Waals surface area contributed by atoms with Crippen molar-refractivity contribution in [3.05, 3.63) is 69.2 Å². The maximum Gasteiger partial charge on any atom is 0.318 e. The summed E-state index contributed by atoms with van der Waals surface area (Å²) >= 11 is 12.1. The van der Waals surface area contributed by atoms with E-state index < -0.39 is 40.9 Å². The standard InChI is InChI=1S/C26H28Cl2F2N4O2/c1-25(2,3)12-15-13-34(24(36)33-10-9-21(32)35)23(17-5-4-6-19(28)22(17)30)26(15,14-31)18-8-7-16(27)11-20(18)29/h4-8,11,15,23H,9-10,12-13H2,1-3H3,(H2,32,35)(H,33,36). The first-order valence-corrected chi connectivity index (χ1v) is 12.2. The Labute approximate surface area is 219 Å². The molecule has 2 aromatic carbocycles. The summed E-state index contributed by atoms with van der Waals surface area (Å²) in [6.45, 7) is 5.90. The molecule has 1 heterocycles. The number of likely N-dealkylation sites (tertiary alicyclic amines) is 1. The van der Waals surface area contributed by atoms with Gasteiger partial charge in [-0.2, -0.15) is 5.26 Å². The van der Waals surface area contributed by atoms with Crippen LogP contribution < -0.4 is 11.1 Å². The minimum Gasteiger partial charge on any atom is -0.370 e. The Morgan fingerprint density at radius 3 is 2.53 bits per heavy atom. The molecule has 6 nitrogen and oxygen atoms in total. The number of benzene rings is 2. The Morgan fingerprint density at radius 2 is 1.94 bits per heavy atom. The first-order valence-electron chi connectivity index (χ1n) is 11.4. The Morgan fingerprint density at radius 1 is 1.25 bits per heavy atom. The van der Waals surface area contributed by atoms with Crippen LogP contribution in [0.2, 0.25) is 10.0 Å². The van der Waals surface area contributed by atoms with Crippen LogP contribution in [0.25, 0.3) is 0 Å². The lowest BCUT2D eigenvalue weighted by molar-refractivity contribution is -0.117. The minimum atomic E-state index is -1.67. The summed E-state index contributed by atoms with van der Waals surface area (Å²) in [5.74, 6) is -2.71. The van der Waals surface area contributed by atoms with Crippen molar-refractivity contribution in [2.45, 2.75) is 45.1 Å². The predicted molar refractivity (Wildman–Crippen MR) is 134 cm³/mol. The zero-order chi connectivity index (χ0) is 26.8. The summed E-state index contributed by atoms with van der Waals surface area (Å²) < 4.78 is 31.0. The number of rotatable bonds is 6. The molecule has 0 radical (unpaired) electrons. The highest BCUT2D eigenvalue weighted by Crippen LogP contribution is 2.56. The predicted octanol–water partition coefficient (Wildman–Crippen LogP) is 5.73. The number of carbonyl (C=O) groups excluding carboxylic acids is 2. The number of hydrogen-bond acceptors (Lipinski definition) is 3. The van der Waals surface area contributed by atoms with Gasteiger partial charge in [0.1, 0.15) is 17.0 Å². The van der Waals surface area contributed by atoms with E-state index in [0.29, 0.717) is 6.42 Å². The Balaban J connectivity index is 2.28. The van der Waals surface area contributed by atoms with Crippen LogP contribution in [0.3, 0.4) is 0 Å². The molecule has 2 aromatic rings. The maximum absolute atomic E-state index is 15.5. The fourth-order valence-electron chi connectivity index (χ4n) is 5.06. The number of urea groups is 1. The van der Waals surface area contributed by atoms with Crippen LogP contribution in [0.5, 0.6) is 0 Å². The topological polar surface area (TPSA) is 99.2 Å². The molecule has 0 aromatic heterocycles. The van der Waals surface area contributed by atoms with Gasteiger partial charge in [-0.25, -0.2) is 13.6 Å². The molecule has 3 atom stereocenters. The van der Waals surface area contributed by atoms with Gasteiger partial charge in [0.15, 0.2) is 0 Å². The molecule has 36 heavy (non-hydrogen) atoms. The molecule has 1 saturated heterocycles. The first-order chi connectivity index (χ1) is 16.8. The molecule has 1 fully saturated rings. The molecule has 0 bridgehead atoms. The lowest BCUT2D eigenvalue weighted by Crippen LogP contribution is -2.44. The molecule has 1 aliphatic heterocycles. The lowest BCUT2D eigenvalue weighted by atomic mass is 9.63. The van der Waals surface area contributed by atoms with Crippen LogP contribution in [0.15, 0.2) is 36.4 Å². The molecule has 3 N–H and O–H groups in total. The smallest absolute Gasteiger partial charge is 0.318 e. The van der Waals surface area contributed by atoms with E-state index in [1.54, 1.807) is 0 Å². The zero-order valence-electron chi connectivity index (χ0n) is 20.2. The Kier molecular flexibility index (Phi) is 8.17. The van der Waals surface area contributed by atoms with E-state index in [4.69, 9.17) is 28.9 Å². The molecule has 10 heteroatoms. The van der Waals surface area contributed by atoms with E-state index in [1.807, 2.05) is 20.8 Å². The van der Waals surface area contributed by atoms with Gasteiger partial charge in [-0.1, -0.05) is 62.2 Å². The number of primary amides is 1. The van der Waals surface area contributed by atoms with Crippen molar-refractivity contribution in [2.24, 2.45) is 17.1 Å². The van der Waals surface area contributed by atoms with Crippen LogP contribution in [-0.2, 0) is 10.2 Å². The molecule has 192 valence electrons. The maximum atomic E-state index is 15.5. The highest BCUT2D eigenvalue weighted by molar-refractivity contribution is 6.31. The number of amides is 3. The summed E-state index contributed by atoms with van der Waals surface area (Å²) in [6.07, 6.45) is 0.322.